The molecule has 3 rings (SSSR count). The number of amides is 1. The predicted molar refractivity (Wildman–Crippen MR) is 106 cm³/mol. The molecular formula is C19H24N4O4S. The summed E-state index contributed by atoms with van der Waals surface area (Å²) >= 11 is 0. The van der Waals surface area contributed by atoms with Crippen LogP contribution in [0.1, 0.15) is 6.92 Å². The van der Waals surface area contributed by atoms with Gasteiger partial charge in [-0.1, -0.05) is 0 Å². The summed E-state index contributed by atoms with van der Waals surface area (Å²) in [6.07, 6.45) is 3.48. The molecule has 1 aliphatic rings. The van der Waals surface area contributed by atoms with Gasteiger partial charge in [-0.15, -0.1) is 0 Å². The number of carbonyl (C=O) groups excluding carboxylic acids is 1. The first-order chi connectivity index (χ1) is 13.4. The Morgan fingerprint density at radius 3 is 2.25 bits per heavy atom. The summed E-state index contributed by atoms with van der Waals surface area (Å²) in [5, 5.41) is 0. The van der Waals surface area contributed by atoms with Gasteiger partial charge in [0, 0.05) is 44.3 Å². The molecule has 0 saturated carbocycles. The first-order valence-electron chi connectivity index (χ1n) is 9.01. The Hall–Kier alpha value is -2.65. The van der Waals surface area contributed by atoms with Crippen LogP contribution < -0.4 is 14.4 Å². The van der Waals surface area contributed by atoms with E-state index in [1.165, 1.54) is 19.2 Å². The van der Waals surface area contributed by atoms with Gasteiger partial charge in [-0.2, -0.15) is 4.72 Å². The molecule has 1 aromatic carbocycles. The number of nitrogens with one attached hydrogen (secondary N) is 1. The van der Waals surface area contributed by atoms with Crippen molar-refractivity contribution in [2.24, 2.45) is 0 Å². The number of carbonyl (C=O) groups is 1. The van der Waals surface area contributed by atoms with Gasteiger partial charge in [0.1, 0.15) is 5.75 Å². The number of methoxy groups -OCH3 is 1. The number of aromatic nitrogens is 1. The summed E-state index contributed by atoms with van der Waals surface area (Å²) in [5.74, 6) is 0.335. The molecule has 0 unspecified atom stereocenters. The third-order valence-electron chi connectivity index (χ3n) is 4.69. The Morgan fingerprint density at radius 1 is 1.07 bits per heavy atom. The summed E-state index contributed by atoms with van der Waals surface area (Å²) in [4.78, 5) is 20.7. The predicted octanol–water partition coefficient (Wildman–Crippen LogP) is 1.11. The van der Waals surface area contributed by atoms with Crippen molar-refractivity contribution in [2.45, 2.75) is 17.9 Å². The van der Waals surface area contributed by atoms with Crippen molar-refractivity contribution < 1.29 is 17.9 Å². The number of ether oxygens (including phenoxy) is 1. The van der Waals surface area contributed by atoms with Gasteiger partial charge in [-0.3, -0.25) is 9.78 Å². The number of benzene rings is 1. The first-order valence-corrected chi connectivity index (χ1v) is 10.5. The van der Waals surface area contributed by atoms with Crippen molar-refractivity contribution in [1.29, 1.82) is 0 Å². The van der Waals surface area contributed by atoms with E-state index in [9.17, 15) is 13.2 Å². The van der Waals surface area contributed by atoms with E-state index in [1.54, 1.807) is 36.4 Å². The van der Waals surface area contributed by atoms with Crippen LogP contribution in [-0.2, 0) is 14.8 Å². The van der Waals surface area contributed by atoms with Crippen molar-refractivity contribution in [3.8, 4) is 5.75 Å². The second-order valence-corrected chi connectivity index (χ2v) is 8.25. The number of sulfonamides is 1. The lowest BCUT2D eigenvalue weighted by atomic mass is 10.2. The molecule has 1 aliphatic heterocycles. The van der Waals surface area contributed by atoms with E-state index < -0.39 is 16.1 Å². The molecule has 0 aliphatic carbocycles. The highest BCUT2D eigenvalue weighted by molar-refractivity contribution is 7.89. The molecule has 1 saturated heterocycles. The third-order valence-corrected chi connectivity index (χ3v) is 6.25. The molecule has 1 amide bonds. The standard InChI is InChI=1S/C19H24N4O4S/c1-15(21-28(25,26)18-5-3-17(27-2)4-6-18)19(24)23-13-11-22(12-14-23)16-7-9-20-10-8-16/h3-10,15,21H,11-14H2,1-2H3/t15-/m0/s1. The summed E-state index contributed by atoms with van der Waals surface area (Å²) < 4.78 is 32.6. The first kappa shape index (κ1) is 20.1. The maximum Gasteiger partial charge on any atom is 0.241 e. The van der Waals surface area contributed by atoms with E-state index in [-0.39, 0.29) is 10.8 Å². The zero-order chi connectivity index (χ0) is 20.1. The fraction of sp³-hybridized carbons (Fsp3) is 0.368. The zero-order valence-corrected chi connectivity index (χ0v) is 16.7. The molecule has 2 heterocycles. The summed E-state index contributed by atoms with van der Waals surface area (Å²) in [6.45, 7) is 4.02. The molecule has 1 N–H and O–H groups in total. The second kappa shape index (κ2) is 8.57. The molecule has 1 atom stereocenters. The minimum atomic E-state index is -3.79. The van der Waals surface area contributed by atoms with E-state index in [0.717, 1.165) is 5.69 Å². The number of rotatable bonds is 6. The smallest absolute Gasteiger partial charge is 0.241 e. The van der Waals surface area contributed by atoms with Crippen LogP contribution in [0.5, 0.6) is 5.75 Å². The lowest BCUT2D eigenvalue weighted by Gasteiger charge is -2.37. The maximum atomic E-state index is 12.7. The van der Waals surface area contributed by atoms with Crippen molar-refractivity contribution in [3.05, 3.63) is 48.8 Å². The molecule has 1 aromatic heterocycles. The SMILES string of the molecule is COc1ccc(S(=O)(=O)N[C@@H](C)C(=O)N2CCN(c3ccncc3)CC2)cc1. The lowest BCUT2D eigenvalue weighted by Crippen LogP contribution is -2.54. The fourth-order valence-corrected chi connectivity index (χ4v) is 4.32. The van der Waals surface area contributed by atoms with E-state index in [1.807, 2.05) is 12.1 Å². The molecule has 0 radical (unpaired) electrons. The third kappa shape index (κ3) is 4.60. The zero-order valence-electron chi connectivity index (χ0n) is 15.9. The summed E-state index contributed by atoms with van der Waals surface area (Å²) in [7, 11) is -2.28. The van der Waals surface area contributed by atoms with Crippen LogP contribution in [0.15, 0.2) is 53.7 Å². The second-order valence-electron chi connectivity index (χ2n) is 6.54. The van der Waals surface area contributed by atoms with Crippen LogP contribution in [0.2, 0.25) is 0 Å². The highest BCUT2D eigenvalue weighted by Crippen LogP contribution is 2.17. The van der Waals surface area contributed by atoms with Crippen LogP contribution in [0.4, 0.5) is 5.69 Å². The van der Waals surface area contributed by atoms with Crippen molar-refractivity contribution in [3.63, 3.8) is 0 Å². The normalized spacial score (nSPS) is 15.9. The lowest BCUT2D eigenvalue weighted by molar-refractivity contribution is -0.132. The van der Waals surface area contributed by atoms with E-state index in [4.69, 9.17) is 4.74 Å². The number of hydrogen-bond acceptors (Lipinski definition) is 6. The summed E-state index contributed by atoms with van der Waals surface area (Å²) in [6, 6.07) is 9.06. The topological polar surface area (TPSA) is 91.8 Å². The van der Waals surface area contributed by atoms with Crippen LogP contribution in [-0.4, -0.2) is 63.5 Å². The Labute approximate surface area is 165 Å². The van der Waals surface area contributed by atoms with Crippen molar-refractivity contribution in [1.82, 2.24) is 14.6 Å². The van der Waals surface area contributed by atoms with E-state index in [2.05, 4.69) is 14.6 Å². The summed E-state index contributed by atoms with van der Waals surface area (Å²) in [5.41, 5.74) is 1.07. The molecule has 2 aromatic rings. The molecule has 0 bridgehead atoms. The molecule has 28 heavy (non-hydrogen) atoms. The number of anilines is 1. The number of piperazine rings is 1. The Kier molecular flexibility index (Phi) is 6.15. The van der Waals surface area contributed by atoms with Crippen LogP contribution in [0, 0.1) is 0 Å². The Bertz CT molecular complexity index is 895. The monoisotopic (exact) mass is 404 g/mol. The molecule has 150 valence electrons. The highest BCUT2D eigenvalue weighted by Gasteiger charge is 2.28. The van der Waals surface area contributed by atoms with Gasteiger partial charge in [-0.05, 0) is 43.3 Å². The molecular weight excluding hydrogens is 380 g/mol. The van der Waals surface area contributed by atoms with Crippen LogP contribution in [0.3, 0.4) is 0 Å². The molecule has 0 spiro atoms. The minimum Gasteiger partial charge on any atom is -0.497 e. The van der Waals surface area contributed by atoms with Crippen molar-refractivity contribution in [2.75, 3.05) is 38.2 Å². The quantitative estimate of drug-likeness (QED) is 0.775. The highest BCUT2D eigenvalue weighted by atomic mass is 32.2. The average molecular weight is 404 g/mol. The molecule has 9 heteroatoms. The molecule has 8 nitrogen and oxygen atoms in total. The fourth-order valence-electron chi connectivity index (χ4n) is 3.12. The average Bonchev–Trinajstić information content (AvgIpc) is 2.73. The number of hydrogen-bond donors (Lipinski definition) is 1. The molecule has 1 fully saturated rings. The van der Waals surface area contributed by atoms with Gasteiger partial charge in [0.25, 0.3) is 0 Å². The van der Waals surface area contributed by atoms with Gasteiger partial charge in [-0.25, -0.2) is 8.42 Å². The largest absolute Gasteiger partial charge is 0.497 e. The van der Waals surface area contributed by atoms with Gasteiger partial charge >= 0.3 is 0 Å². The maximum absolute atomic E-state index is 12.7. The van der Waals surface area contributed by atoms with Crippen LogP contribution in [0.25, 0.3) is 0 Å². The number of pyridine rings is 1. The van der Waals surface area contributed by atoms with Gasteiger partial charge in [0.15, 0.2) is 0 Å². The van der Waals surface area contributed by atoms with E-state index in [0.29, 0.717) is 31.9 Å². The Balaban J connectivity index is 1.58. The Morgan fingerprint density at radius 2 is 1.68 bits per heavy atom. The van der Waals surface area contributed by atoms with Gasteiger partial charge in [0.2, 0.25) is 15.9 Å². The van der Waals surface area contributed by atoms with Crippen LogP contribution >= 0.6 is 0 Å². The minimum absolute atomic E-state index is 0.0930. The van der Waals surface area contributed by atoms with E-state index >= 15 is 0 Å². The van der Waals surface area contributed by atoms with Gasteiger partial charge < -0.3 is 14.5 Å². The van der Waals surface area contributed by atoms with Crippen molar-refractivity contribution >= 4 is 21.6 Å². The number of nitrogens with zero attached hydrogens (tertiary/aromatic N) is 3. The van der Waals surface area contributed by atoms with Gasteiger partial charge in [0.05, 0.1) is 18.0 Å².